The van der Waals surface area contributed by atoms with E-state index in [2.05, 4.69) is 22.5 Å². The minimum absolute atomic E-state index is 0.159. The lowest BCUT2D eigenvalue weighted by Crippen LogP contribution is -2.48. The summed E-state index contributed by atoms with van der Waals surface area (Å²) in [6, 6.07) is 3.58. The average Bonchev–Trinajstić information content (AvgIpc) is 3.02. The molecule has 1 aliphatic rings. The van der Waals surface area contributed by atoms with Crippen LogP contribution >= 0.6 is 0 Å². The smallest absolute Gasteiger partial charge is 0.293 e. The van der Waals surface area contributed by atoms with Gasteiger partial charge in [-0.25, -0.2) is 0 Å². The summed E-state index contributed by atoms with van der Waals surface area (Å²) in [6.07, 6.45) is 4.49. The molecule has 0 aromatic carbocycles. The number of nitrogens with one attached hydrogen (secondary N) is 2. The van der Waals surface area contributed by atoms with Crippen molar-refractivity contribution >= 4 is 11.8 Å². The van der Waals surface area contributed by atoms with Crippen LogP contribution in [-0.4, -0.2) is 48.9 Å². The van der Waals surface area contributed by atoms with Gasteiger partial charge in [0.25, 0.3) is 5.91 Å². The fraction of sp³-hybridized carbons (Fsp3) is 0.600. The molecule has 2 amide bonds. The Hall–Kier alpha value is -1.66. The lowest BCUT2D eigenvalue weighted by molar-refractivity contribution is -0.122. The van der Waals surface area contributed by atoms with Crippen LogP contribution in [0.4, 0.5) is 0 Å². The van der Waals surface area contributed by atoms with Crippen molar-refractivity contribution in [2.75, 3.05) is 26.2 Å². The zero-order chi connectivity index (χ0) is 15.1. The van der Waals surface area contributed by atoms with Gasteiger partial charge in [0.05, 0.1) is 12.8 Å². The summed E-state index contributed by atoms with van der Waals surface area (Å²) in [5.41, 5.74) is 0. The Balaban J connectivity index is 1.87. The molecule has 2 rings (SSSR count). The summed E-state index contributed by atoms with van der Waals surface area (Å²) in [6.45, 7) is 5.19. The molecule has 6 heteroatoms. The molecule has 0 atom stereocenters. The summed E-state index contributed by atoms with van der Waals surface area (Å²) >= 11 is 0. The Labute approximate surface area is 124 Å². The van der Waals surface area contributed by atoms with E-state index in [1.54, 1.807) is 12.1 Å². The summed E-state index contributed by atoms with van der Waals surface area (Å²) in [7, 11) is 0. The first-order chi connectivity index (χ1) is 10.2. The van der Waals surface area contributed by atoms with Crippen molar-refractivity contribution in [1.82, 2.24) is 15.5 Å². The van der Waals surface area contributed by atoms with Gasteiger partial charge in [0.1, 0.15) is 0 Å². The van der Waals surface area contributed by atoms with Crippen molar-refractivity contribution in [2.45, 2.75) is 32.2 Å². The Bertz CT molecular complexity index is 453. The second-order valence-corrected chi connectivity index (χ2v) is 5.31. The van der Waals surface area contributed by atoms with Crippen LogP contribution in [-0.2, 0) is 4.79 Å². The number of amides is 2. The van der Waals surface area contributed by atoms with E-state index >= 15 is 0 Å². The molecule has 1 aromatic rings. The van der Waals surface area contributed by atoms with E-state index in [1.807, 2.05) is 0 Å². The third-order valence-corrected chi connectivity index (χ3v) is 3.68. The van der Waals surface area contributed by atoms with Crippen molar-refractivity contribution in [3.8, 4) is 0 Å². The number of nitrogens with zero attached hydrogens (tertiary/aromatic N) is 1. The van der Waals surface area contributed by atoms with Crippen molar-refractivity contribution in [3.05, 3.63) is 24.2 Å². The molecular weight excluding hydrogens is 270 g/mol. The van der Waals surface area contributed by atoms with Gasteiger partial charge < -0.3 is 9.73 Å². The normalized spacial score (nSPS) is 16.1. The Morgan fingerprint density at radius 2 is 2.19 bits per heavy atom. The number of hydrogen-bond donors (Lipinski definition) is 2. The van der Waals surface area contributed by atoms with Crippen LogP contribution in [0.15, 0.2) is 22.8 Å². The van der Waals surface area contributed by atoms with Crippen LogP contribution in [0.25, 0.3) is 0 Å². The van der Waals surface area contributed by atoms with Gasteiger partial charge in [-0.1, -0.05) is 6.92 Å². The predicted octanol–water partition coefficient (Wildman–Crippen LogP) is 1.000. The van der Waals surface area contributed by atoms with Crippen molar-refractivity contribution in [3.63, 3.8) is 0 Å². The molecule has 0 unspecified atom stereocenters. The average molecular weight is 293 g/mol. The van der Waals surface area contributed by atoms with E-state index in [4.69, 9.17) is 4.42 Å². The molecule has 1 aliphatic heterocycles. The summed E-state index contributed by atoms with van der Waals surface area (Å²) in [5.74, 6) is -0.595. The molecule has 6 nitrogen and oxygen atoms in total. The monoisotopic (exact) mass is 293 g/mol. The molecule has 0 saturated carbocycles. The van der Waals surface area contributed by atoms with Crippen LogP contribution in [0, 0.1) is 0 Å². The number of carbonyl (C=O) groups excluding carboxylic acids is 2. The van der Waals surface area contributed by atoms with E-state index in [9.17, 15) is 9.59 Å². The van der Waals surface area contributed by atoms with Gasteiger partial charge in [0.2, 0.25) is 5.91 Å². The largest absolute Gasteiger partial charge is 0.459 e. The van der Waals surface area contributed by atoms with Gasteiger partial charge in [-0.05, 0) is 51.0 Å². The van der Waals surface area contributed by atoms with Gasteiger partial charge in [-0.15, -0.1) is 0 Å². The summed E-state index contributed by atoms with van der Waals surface area (Å²) in [5, 5.41) is 5.70. The predicted molar refractivity (Wildman–Crippen MR) is 78.9 cm³/mol. The van der Waals surface area contributed by atoms with E-state index in [0.29, 0.717) is 6.04 Å². The van der Waals surface area contributed by atoms with Crippen LogP contribution in [0.1, 0.15) is 36.7 Å². The fourth-order valence-corrected chi connectivity index (χ4v) is 2.67. The molecule has 2 N–H and O–H groups in total. The third-order valence-electron chi connectivity index (χ3n) is 3.68. The van der Waals surface area contributed by atoms with Crippen LogP contribution < -0.4 is 10.6 Å². The van der Waals surface area contributed by atoms with Gasteiger partial charge in [0.15, 0.2) is 5.76 Å². The molecular formula is C15H23N3O3. The standard InChI is InChI=1S/C15H23N3O3/c1-2-9-18(12-5-7-16-8-6-12)11-14(19)17-15(20)13-4-3-10-21-13/h3-4,10,12,16H,2,5-9,11H2,1H3,(H,17,19,20). The highest BCUT2D eigenvalue weighted by Gasteiger charge is 2.23. The molecule has 0 radical (unpaired) electrons. The van der Waals surface area contributed by atoms with Crippen molar-refractivity contribution in [2.24, 2.45) is 0 Å². The molecule has 1 fully saturated rings. The molecule has 1 saturated heterocycles. The third kappa shape index (κ3) is 4.68. The van der Waals surface area contributed by atoms with Gasteiger partial charge in [-0.3, -0.25) is 19.8 Å². The lowest BCUT2D eigenvalue weighted by Gasteiger charge is -2.33. The summed E-state index contributed by atoms with van der Waals surface area (Å²) < 4.78 is 4.98. The minimum atomic E-state index is -0.480. The molecule has 116 valence electrons. The van der Waals surface area contributed by atoms with Crippen LogP contribution in [0.3, 0.4) is 0 Å². The highest BCUT2D eigenvalue weighted by atomic mass is 16.3. The Morgan fingerprint density at radius 3 is 2.81 bits per heavy atom. The van der Waals surface area contributed by atoms with Crippen molar-refractivity contribution < 1.29 is 14.0 Å². The van der Waals surface area contributed by atoms with Crippen LogP contribution in [0.2, 0.25) is 0 Å². The SMILES string of the molecule is CCCN(CC(=O)NC(=O)c1ccco1)C1CCNCC1. The minimum Gasteiger partial charge on any atom is -0.459 e. The molecule has 21 heavy (non-hydrogen) atoms. The van der Waals surface area contributed by atoms with Gasteiger partial charge >= 0.3 is 0 Å². The molecule has 1 aromatic heterocycles. The molecule has 0 bridgehead atoms. The number of carbonyl (C=O) groups is 2. The molecule has 0 spiro atoms. The lowest BCUT2D eigenvalue weighted by atomic mass is 10.0. The van der Waals surface area contributed by atoms with Gasteiger partial charge in [0, 0.05) is 6.04 Å². The first-order valence-corrected chi connectivity index (χ1v) is 7.53. The maximum Gasteiger partial charge on any atom is 0.293 e. The summed E-state index contributed by atoms with van der Waals surface area (Å²) in [4.78, 5) is 26.0. The highest BCUT2D eigenvalue weighted by Crippen LogP contribution is 2.12. The Morgan fingerprint density at radius 1 is 1.43 bits per heavy atom. The maximum atomic E-state index is 12.0. The second kappa shape index (κ2) is 7.95. The number of rotatable bonds is 6. The zero-order valence-electron chi connectivity index (χ0n) is 12.4. The maximum absolute atomic E-state index is 12.0. The fourth-order valence-electron chi connectivity index (χ4n) is 2.67. The quantitative estimate of drug-likeness (QED) is 0.818. The van der Waals surface area contributed by atoms with E-state index in [1.165, 1.54) is 6.26 Å². The Kier molecular flexibility index (Phi) is 5.95. The first kappa shape index (κ1) is 15.7. The van der Waals surface area contributed by atoms with Gasteiger partial charge in [-0.2, -0.15) is 0 Å². The number of hydrogen-bond acceptors (Lipinski definition) is 5. The first-order valence-electron chi connectivity index (χ1n) is 7.53. The van der Waals surface area contributed by atoms with E-state index in [0.717, 1.165) is 38.9 Å². The zero-order valence-corrected chi connectivity index (χ0v) is 12.4. The highest BCUT2D eigenvalue weighted by molar-refractivity contribution is 6.03. The van der Waals surface area contributed by atoms with Crippen molar-refractivity contribution in [1.29, 1.82) is 0 Å². The van der Waals surface area contributed by atoms with E-state index < -0.39 is 5.91 Å². The molecule has 0 aliphatic carbocycles. The van der Waals surface area contributed by atoms with Crippen LogP contribution in [0.5, 0.6) is 0 Å². The number of piperidine rings is 1. The number of imide groups is 1. The number of furan rings is 1. The second-order valence-electron chi connectivity index (χ2n) is 5.31. The van der Waals surface area contributed by atoms with E-state index in [-0.39, 0.29) is 18.2 Å². The molecule has 2 heterocycles. The topological polar surface area (TPSA) is 74.6 Å².